The molecule has 0 amide bonds. The molecule has 2 nitrogen and oxygen atoms in total. The molecule has 0 atom stereocenters. The molecular formula is C13H16N2. The number of hydrogen-bond donors (Lipinski definition) is 1. The first kappa shape index (κ1) is 9.97. The highest BCUT2D eigenvalue weighted by Gasteiger charge is 2.21. The van der Waals surface area contributed by atoms with Crippen LogP contribution < -0.4 is 5.32 Å². The second-order valence-corrected chi connectivity index (χ2v) is 4.34. The topological polar surface area (TPSA) is 24.9 Å². The van der Waals surface area contributed by atoms with Crippen LogP contribution in [0.25, 0.3) is 12.2 Å². The molecule has 15 heavy (non-hydrogen) atoms. The van der Waals surface area contributed by atoms with Crippen molar-refractivity contribution in [1.29, 1.82) is 0 Å². The van der Waals surface area contributed by atoms with Crippen molar-refractivity contribution in [2.75, 3.05) is 7.05 Å². The van der Waals surface area contributed by atoms with Crippen LogP contribution in [0.15, 0.2) is 30.1 Å². The van der Waals surface area contributed by atoms with Gasteiger partial charge < -0.3 is 5.32 Å². The molecule has 0 bridgehead atoms. The molecule has 1 heterocycles. The van der Waals surface area contributed by atoms with E-state index >= 15 is 0 Å². The highest BCUT2D eigenvalue weighted by Crippen LogP contribution is 2.31. The zero-order chi connectivity index (χ0) is 10.9. The Hall–Kier alpha value is -1.57. The van der Waals surface area contributed by atoms with Crippen molar-refractivity contribution in [3.8, 4) is 0 Å². The summed E-state index contributed by atoms with van der Waals surface area (Å²) in [6, 6.07) is 4.05. The van der Waals surface area contributed by atoms with E-state index in [0.717, 1.165) is 5.69 Å². The molecule has 0 aliphatic heterocycles. The predicted molar refractivity (Wildman–Crippen MR) is 64.1 cm³/mol. The number of allylic oxidation sites excluding steroid dienone is 1. The van der Waals surface area contributed by atoms with Gasteiger partial charge in [0.25, 0.3) is 0 Å². The molecule has 2 rings (SSSR count). The van der Waals surface area contributed by atoms with E-state index < -0.39 is 0 Å². The number of aromatic nitrogens is 1. The Labute approximate surface area is 90.7 Å². The molecule has 1 aromatic rings. The van der Waals surface area contributed by atoms with Crippen molar-refractivity contribution in [2.45, 2.75) is 13.8 Å². The van der Waals surface area contributed by atoms with Gasteiger partial charge in [-0.2, -0.15) is 0 Å². The van der Waals surface area contributed by atoms with Gasteiger partial charge in [-0.05, 0) is 17.7 Å². The van der Waals surface area contributed by atoms with Gasteiger partial charge in [-0.25, -0.2) is 0 Å². The van der Waals surface area contributed by atoms with Crippen molar-refractivity contribution < 1.29 is 0 Å². The molecule has 0 spiro atoms. The van der Waals surface area contributed by atoms with E-state index in [1.54, 1.807) is 0 Å². The maximum atomic E-state index is 4.38. The molecule has 0 saturated carbocycles. The molecule has 0 aromatic carbocycles. The highest BCUT2D eigenvalue weighted by atomic mass is 14.9. The van der Waals surface area contributed by atoms with Crippen molar-refractivity contribution in [3.05, 3.63) is 41.4 Å². The molecule has 1 aromatic heterocycles. The summed E-state index contributed by atoms with van der Waals surface area (Å²) in [6.45, 7) is 4.38. The largest absolute Gasteiger partial charge is 0.391 e. The van der Waals surface area contributed by atoms with E-state index in [4.69, 9.17) is 0 Å². The monoisotopic (exact) mass is 200 g/mol. The molecule has 0 fully saturated rings. The molecule has 1 N–H and O–H groups in total. The number of hydrogen-bond acceptors (Lipinski definition) is 2. The van der Waals surface area contributed by atoms with Gasteiger partial charge in [0, 0.05) is 24.4 Å². The van der Waals surface area contributed by atoms with Crippen LogP contribution >= 0.6 is 0 Å². The lowest BCUT2D eigenvalue weighted by molar-refractivity contribution is 0.549. The smallest absolute Gasteiger partial charge is 0.0719 e. The van der Waals surface area contributed by atoms with Crippen LogP contribution in [0.3, 0.4) is 0 Å². The van der Waals surface area contributed by atoms with Gasteiger partial charge in [-0.15, -0.1) is 0 Å². The summed E-state index contributed by atoms with van der Waals surface area (Å²) in [4.78, 5) is 4.38. The lowest BCUT2D eigenvalue weighted by atomic mass is 9.89. The lowest BCUT2D eigenvalue weighted by Crippen LogP contribution is -2.21. The average molecular weight is 200 g/mol. The van der Waals surface area contributed by atoms with Gasteiger partial charge in [-0.3, -0.25) is 4.98 Å². The Balaban J connectivity index is 2.58. The normalized spacial score (nSPS) is 17.7. The Morgan fingerprint density at radius 3 is 2.87 bits per heavy atom. The first-order chi connectivity index (χ1) is 7.13. The van der Waals surface area contributed by atoms with Gasteiger partial charge in [0.15, 0.2) is 0 Å². The Bertz CT molecular complexity index is 428. The molecular weight excluding hydrogens is 184 g/mol. The summed E-state index contributed by atoms with van der Waals surface area (Å²) in [5.41, 5.74) is 3.44. The molecule has 1 aliphatic carbocycles. The third-order valence-corrected chi connectivity index (χ3v) is 2.80. The minimum Gasteiger partial charge on any atom is -0.391 e. The molecule has 0 radical (unpaired) electrons. The van der Waals surface area contributed by atoms with E-state index in [0.29, 0.717) is 0 Å². The van der Waals surface area contributed by atoms with E-state index in [1.165, 1.54) is 11.3 Å². The number of fused-ring (bicyclic) bond motifs is 1. The predicted octanol–water partition coefficient (Wildman–Crippen LogP) is 2.69. The summed E-state index contributed by atoms with van der Waals surface area (Å²) in [6.07, 6.45) is 8.30. The van der Waals surface area contributed by atoms with Crippen molar-refractivity contribution in [1.82, 2.24) is 10.3 Å². The Morgan fingerprint density at radius 1 is 1.33 bits per heavy atom. The van der Waals surface area contributed by atoms with Crippen LogP contribution in [0.2, 0.25) is 0 Å². The average Bonchev–Trinajstić information content (AvgIpc) is 2.36. The summed E-state index contributed by atoms with van der Waals surface area (Å²) < 4.78 is 0. The van der Waals surface area contributed by atoms with E-state index in [-0.39, 0.29) is 5.41 Å². The quantitative estimate of drug-likeness (QED) is 0.754. The molecule has 2 heteroatoms. The summed E-state index contributed by atoms with van der Waals surface area (Å²) in [7, 11) is 1.95. The summed E-state index contributed by atoms with van der Waals surface area (Å²) >= 11 is 0. The standard InChI is InChI=1S/C13H16N2/c1-13(2)7-6-10-5-4-8-15-11(10)9-12(13)14-3/h4-9,14H,1-3H3. The Morgan fingerprint density at radius 2 is 2.13 bits per heavy atom. The zero-order valence-corrected chi connectivity index (χ0v) is 9.41. The van der Waals surface area contributed by atoms with Crippen molar-refractivity contribution in [2.24, 2.45) is 5.41 Å². The lowest BCUT2D eigenvalue weighted by Gasteiger charge is -2.23. The van der Waals surface area contributed by atoms with Crippen LogP contribution in [-0.4, -0.2) is 12.0 Å². The molecule has 0 saturated heterocycles. The number of nitrogens with one attached hydrogen (secondary N) is 1. The van der Waals surface area contributed by atoms with Crippen LogP contribution in [0.4, 0.5) is 0 Å². The Kier molecular flexibility index (Phi) is 2.35. The summed E-state index contributed by atoms with van der Waals surface area (Å²) in [5, 5.41) is 3.24. The van der Waals surface area contributed by atoms with Gasteiger partial charge in [-0.1, -0.05) is 32.1 Å². The van der Waals surface area contributed by atoms with Gasteiger partial charge in [0.2, 0.25) is 0 Å². The van der Waals surface area contributed by atoms with Crippen LogP contribution in [0, 0.1) is 5.41 Å². The van der Waals surface area contributed by atoms with Crippen molar-refractivity contribution >= 4 is 12.2 Å². The summed E-state index contributed by atoms with van der Waals surface area (Å²) in [5.74, 6) is 0. The SMILES string of the molecule is CNC1=Cc2ncccc2C=CC1(C)C. The zero-order valence-electron chi connectivity index (χ0n) is 9.41. The van der Waals surface area contributed by atoms with Gasteiger partial charge in [0.1, 0.15) is 0 Å². The minimum absolute atomic E-state index is 0.0372. The van der Waals surface area contributed by atoms with E-state index in [1.807, 2.05) is 19.3 Å². The van der Waals surface area contributed by atoms with Gasteiger partial charge >= 0.3 is 0 Å². The second-order valence-electron chi connectivity index (χ2n) is 4.34. The minimum atomic E-state index is 0.0372. The maximum absolute atomic E-state index is 4.38. The van der Waals surface area contributed by atoms with Gasteiger partial charge in [0.05, 0.1) is 5.69 Å². The molecule has 78 valence electrons. The van der Waals surface area contributed by atoms with E-state index in [9.17, 15) is 0 Å². The molecule has 0 unspecified atom stereocenters. The number of pyridine rings is 1. The fourth-order valence-corrected chi connectivity index (χ4v) is 1.80. The second kappa shape index (κ2) is 3.54. The third-order valence-electron chi connectivity index (χ3n) is 2.80. The molecule has 1 aliphatic rings. The highest BCUT2D eigenvalue weighted by molar-refractivity contribution is 5.67. The first-order valence-corrected chi connectivity index (χ1v) is 5.18. The first-order valence-electron chi connectivity index (χ1n) is 5.18. The van der Waals surface area contributed by atoms with Crippen LogP contribution in [0.1, 0.15) is 25.1 Å². The van der Waals surface area contributed by atoms with Crippen molar-refractivity contribution in [3.63, 3.8) is 0 Å². The van der Waals surface area contributed by atoms with E-state index in [2.05, 4.69) is 48.4 Å². The fourth-order valence-electron chi connectivity index (χ4n) is 1.80. The number of nitrogens with zero attached hydrogens (tertiary/aromatic N) is 1. The maximum Gasteiger partial charge on any atom is 0.0719 e. The van der Waals surface area contributed by atoms with Crippen LogP contribution in [0.5, 0.6) is 0 Å². The van der Waals surface area contributed by atoms with Crippen LogP contribution in [-0.2, 0) is 0 Å². The third kappa shape index (κ3) is 1.80. The number of rotatable bonds is 1. The fraction of sp³-hybridized carbons (Fsp3) is 0.308.